The van der Waals surface area contributed by atoms with Crippen molar-refractivity contribution >= 4 is 0 Å². The molecular weight excluding hydrogens is 196 g/mol. The SMILES string of the molecule is CCCC[C@@H]1C[C@H]1COCc1ccccc1. The van der Waals surface area contributed by atoms with Crippen LogP contribution in [0.4, 0.5) is 0 Å². The first-order valence-electron chi connectivity index (χ1n) is 6.52. The van der Waals surface area contributed by atoms with E-state index in [1.807, 2.05) is 6.07 Å². The lowest BCUT2D eigenvalue weighted by molar-refractivity contribution is 0.107. The van der Waals surface area contributed by atoms with Crippen LogP contribution in [-0.4, -0.2) is 6.61 Å². The van der Waals surface area contributed by atoms with Gasteiger partial charge in [-0.05, 0) is 23.8 Å². The molecule has 2 rings (SSSR count). The molecule has 0 bridgehead atoms. The van der Waals surface area contributed by atoms with Gasteiger partial charge in [-0.15, -0.1) is 0 Å². The van der Waals surface area contributed by atoms with Crippen LogP contribution in [0.25, 0.3) is 0 Å². The number of rotatable bonds is 7. The third-order valence-electron chi connectivity index (χ3n) is 3.44. The maximum absolute atomic E-state index is 5.75. The number of ether oxygens (including phenoxy) is 1. The van der Waals surface area contributed by atoms with E-state index in [-0.39, 0.29) is 0 Å². The molecule has 1 heteroatoms. The topological polar surface area (TPSA) is 9.23 Å². The molecule has 0 spiro atoms. The van der Waals surface area contributed by atoms with Gasteiger partial charge >= 0.3 is 0 Å². The lowest BCUT2D eigenvalue weighted by atomic mass is 10.1. The van der Waals surface area contributed by atoms with Crippen molar-refractivity contribution in [1.29, 1.82) is 0 Å². The molecule has 16 heavy (non-hydrogen) atoms. The summed E-state index contributed by atoms with van der Waals surface area (Å²) < 4.78 is 5.75. The summed E-state index contributed by atoms with van der Waals surface area (Å²) in [5.74, 6) is 1.82. The van der Waals surface area contributed by atoms with Crippen LogP contribution in [0.3, 0.4) is 0 Å². The van der Waals surface area contributed by atoms with Crippen molar-refractivity contribution in [2.45, 2.75) is 39.2 Å². The molecule has 0 aromatic heterocycles. The Labute approximate surface area is 98.8 Å². The van der Waals surface area contributed by atoms with Crippen LogP contribution in [0.1, 0.15) is 38.2 Å². The Kier molecular flexibility index (Phi) is 4.41. The summed E-state index contributed by atoms with van der Waals surface area (Å²) in [4.78, 5) is 0. The van der Waals surface area contributed by atoms with Crippen LogP contribution in [0.15, 0.2) is 30.3 Å². The normalized spacial score (nSPS) is 23.3. The minimum absolute atomic E-state index is 0.776. The molecule has 1 aromatic carbocycles. The molecule has 0 aliphatic heterocycles. The van der Waals surface area contributed by atoms with E-state index >= 15 is 0 Å². The molecule has 1 aliphatic rings. The van der Waals surface area contributed by atoms with Crippen molar-refractivity contribution in [2.75, 3.05) is 6.61 Å². The summed E-state index contributed by atoms with van der Waals surface area (Å²) in [6, 6.07) is 10.4. The summed E-state index contributed by atoms with van der Waals surface area (Å²) in [7, 11) is 0. The second-order valence-electron chi connectivity index (χ2n) is 4.90. The van der Waals surface area contributed by atoms with Crippen LogP contribution in [0.2, 0.25) is 0 Å². The maximum atomic E-state index is 5.75. The van der Waals surface area contributed by atoms with E-state index in [4.69, 9.17) is 4.74 Å². The van der Waals surface area contributed by atoms with Gasteiger partial charge in [-0.3, -0.25) is 0 Å². The summed E-state index contributed by atoms with van der Waals surface area (Å²) in [6.07, 6.45) is 5.53. The molecule has 88 valence electrons. The average molecular weight is 218 g/mol. The van der Waals surface area contributed by atoms with Crippen molar-refractivity contribution in [3.05, 3.63) is 35.9 Å². The highest BCUT2D eigenvalue weighted by Gasteiger charge is 2.35. The van der Waals surface area contributed by atoms with Gasteiger partial charge in [0, 0.05) is 0 Å². The Morgan fingerprint density at radius 3 is 2.75 bits per heavy atom. The predicted octanol–water partition coefficient (Wildman–Crippen LogP) is 4.03. The first-order chi connectivity index (χ1) is 7.90. The molecule has 0 saturated heterocycles. The Balaban J connectivity index is 1.57. The summed E-state index contributed by atoms with van der Waals surface area (Å²) in [5, 5.41) is 0. The fraction of sp³-hybridized carbons (Fsp3) is 0.600. The fourth-order valence-corrected chi connectivity index (χ4v) is 2.24. The molecule has 0 radical (unpaired) electrons. The van der Waals surface area contributed by atoms with Gasteiger partial charge in [0.05, 0.1) is 13.2 Å². The highest BCUT2D eigenvalue weighted by Crippen LogP contribution is 2.42. The van der Waals surface area contributed by atoms with E-state index in [9.17, 15) is 0 Å². The zero-order chi connectivity index (χ0) is 11.2. The molecule has 0 heterocycles. The summed E-state index contributed by atoms with van der Waals surface area (Å²) in [5.41, 5.74) is 1.29. The van der Waals surface area contributed by atoms with E-state index in [2.05, 4.69) is 31.2 Å². The molecule has 1 nitrogen and oxygen atoms in total. The van der Waals surface area contributed by atoms with Crippen LogP contribution in [0.5, 0.6) is 0 Å². The summed E-state index contributed by atoms with van der Waals surface area (Å²) >= 11 is 0. The van der Waals surface area contributed by atoms with Gasteiger partial charge in [-0.1, -0.05) is 56.5 Å². The maximum Gasteiger partial charge on any atom is 0.0717 e. The predicted molar refractivity (Wildman–Crippen MR) is 67.2 cm³/mol. The average Bonchev–Trinajstić information content (AvgIpc) is 3.07. The van der Waals surface area contributed by atoms with Crippen LogP contribution in [-0.2, 0) is 11.3 Å². The lowest BCUT2D eigenvalue weighted by Crippen LogP contribution is -1.98. The minimum atomic E-state index is 0.776. The highest BCUT2D eigenvalue weighted by atomic mass is 16.5. The monoisotopic (exact) mass is 218 g/mol. The van der Waals surface area contributed by atoms with Gasteiger partial charge in [0.25, 0.3) is 0 Å². The van der Waals surface area contributed by atoms with Crippen molar-refractivity contribution < 1.29 is 4.74 Å². The van der Waals surface area contributed by atoms with Gasteiger partial charge in [-0.2, -0.15) is 0 Å². The molecule has 1 aromatic rings. The Morgan fingerprint density at radius 1 is 1.19 bits per heavy atom. The first kappa shape index (κ1) is 11.7. The Morgan fingerprint density at radius 2 is 2.00 bits per heavy atom. The molecular formula is C15H22O. The molecule has 1 saturated carbocycles. The van der Waals surface area contributed by atoms with Crippen LogP contribution >= 0.6 is 0 Å². The fourth-order valence-electron chi connectivity index (χ4n) is 2.24. The van der Waals surface area contributed by atoms with Gasteiger partial charge in [0.15, 0.2) is 0 Å². The zero-order valence-electron chi connectivity index (χ0n) is 10.2. The molecule has 2 atom stereocenters. The third kappa shape index (κ3) is 3.64. The quantitative estimate of drug-likeness (QED) is 0.671. The standard InChI is InChI=1S/C15H22O/c1-2-3-9-14-10-15(14)12-16-11-13-7-5-4-6-8-13/h4-8,14-15H,2-3,9-12H2,1H3/t14-,15+/m1/s1. The van der Waals surface area contributed by atoms with E-state index < -0.39 is 0 Å². The smallest absolute Gasteiger partial charge is 0.0717 e. The van der Waals surface area contributed by atoms with E-state index in [0.717, 1.165) is 25.0 Å². The largest absolute Gasteiger partial charge is 0.376 e. The minimum Gasteiger partial charge on any atom is -0.376 e. The van der Waals surface area contributed by atoms with Crippen molar-refractivity contribution in [3.63, 3.8) is 0 Å². The van der Waals surface area contributed by atoms with E-state index in [1.54, 1.807) is 0 Å². The van der Waals surface area contributed by atoms with Crippen LogP contribution in [0, 0.1) is 11.8 Å². The lowest BCUT2D eigenvalue weighted by Gasteiger charge is -2.03. The van der Waals surface area contributed by atoms with Gasteiger partial charge < -0.3 is 4.74 Å². The molecule has 0 unspecified atom stereocenters. The molecule has 1 aliphatic carbocycles. The first-order valence-corrected chi connectivity index (χ1v) is 6.52. The van der Waals surface area contributed by atoms with Crippen molar-refractivity contribution in [1.82, 2.24) is 0 Å². The van der Waals surface area contributed by atoms with Crippen molar-refractivity contribution in [3.8, 4) is 0 Å². The van der Waals surface area contributed by atoms with E-state index in [0.29, 0.717) is 0 Å². The molecule has 0 N–H and O–H groups in total. The zero-order valence-corrected chi connectivity index (χ0v) is 10.2. The third-order valence-corrected chi connectivity index (χ3v) is 3.44. The van der Waals surface area contributed by atoms with Gasteiger partial charge in [0.1, 0.15) is 0 Å². The Hall–Kier alpha value is -0.820. The Bertz CT molecular complexity index is 294. The second-order valence-corrected chi connectivity index (χ2v) is 4.90. The number of unbranched alkanes of at least 4 members (excludes halogenated alkanes) is 1. The van der Waals surface area contributed by atoms with Crippen LogP contribution < -0.4 is 0 Å². The number of benzene rings is 1. The van der Waals surface area contributed by atoms with Gasteiger partial charge in [0.2, 0.25) is 0 Å². The summed E-state index contributed by atoms with van der Waals surface area (Å²) in [6.45, 7) is 4.00. The van der Waals surface area contributed by atoms with Gasteiger partial charge in [-0.25, -0.2) is 0 Å². The number of hydrogen-bond donors (Lipinski definition) is 0. The van der Waals surface area contributed by atoms with Crippen molar-refractivity contribution in [2.24, 2.45) is 11.8 Å². The van der Waals surface area contributed by atoms with E-state index in [1.165, 1.54) is 31.2 Å². The molecule has 1 fully saturated rings. The molecule has 0 amide bonds. The highest BCUT2D eigenvalue weighted by molar-refractivity contribution is 5.13. The second kappa shape index (κ2) is 6.05. The number of hydrogen-bond acceptors (Lipinski definition) is 1.